The van der Waals surface area contributed by atoms with Gasteiger partial charge in [-0.2, -0.15) is 26.3 Å². The third-order valence-electron chi connectivity index (χ3n) is 10.2. The molecule has 50 heavy (non-hydrogen) atoms. The summed E-state index contributed by atoms with van der Waals surface area (Å²) in [4.78, 5) is 39.2. The maximum absolute atomic E-state index is 13.8. The molecule has 1 aliphatic carbocycles. The maximum atomic E-state index is 13.8. The van der Waals surface area contributed by atoms with Crippen LogP contribution >= 0.6 is 0 Å². The van der Waals surface area contributed by atoms with Gasteiger partial charge in [-0.05, 0) is 81.5 Å². The number of alkyl halides is 6. The molecule has 3 aliphatic rings. The second-order valence-corrected chi connectivity index (χ2v) is 13.5. The van der Waals surface area contributed by atoms with Crippen molar-refractivity contribution in [1.29, 1.82) is 0 Å². The van der Waals surface area contributed by atoms with Crippen molar-refractivity contribution in [3.63, 3.8) is 0 Å². The third-order valence-corrected chi connectivity index (χ3v) is 10.2. The van der Waals surface area contributed by atoms with Gasteiger partial charge in [0, 0.05) is 37.8 Å². The fraction of sp³-hybridized carbons (Fsp3) is 0.647. The highest BCUT2D eigenvalue weighted by molar-refractivity contribution is 5.70. The molecule has 1 aromatic heterocycles. The number of carbonyl (C=O) groups excluding carboxylic acids is 1. The smallest absolute Gasteiger partial charge is 0.416 e. The van der Waals surface area contributed by atoms with Crippen LogP contribution in [-0.2, 0) is 28.4 Å². The molecule has 3 heterocycles. The van der Waals surface area contributed by atoms with Crippen LogP contribution in [0.15, 0.2) is 30.6 Å². The monoisotopic (exact) mass is 715 g/mol. The number of rotatable bonds is 9. The Morgan fingerprint density at radius 2 is 1.46 bits per heavy atom. The van der Waals surface area contributed by atoms with E-state index in [0.29, 0.717) is 88.7 Å². The van der Waals surface area contributed by atoms with Gasteiger partial charge in [0.1, 0.15) is 6.10 Å². The van der Waals surface area contributed by atoms with E-state index < -0.39 is 59.7 Å². The number of ether oxygens (including phenoxy) is 1. The molecule has 2 aromatic rings. The summed E-state index contributed by atoms with van der Waals surface area (Å²) >= 11 is 0. The molecular weight excluding hydrogens is 672 g/mol. The van der Waals surface area contributed by atoms with Crippen molar-refractivity contribution in [2.45, 2.75) is 121 Å². The van der Waals surface area contributed by atoms with E-state index in [4.69, 9.17) is 4.74 Å². The Kier molecular flexibility index (Phi) is 11.4. The first-order chi connectivity index (χ1) is 23.6. The molecule has 1 amide bonds. The molecule has 16 heteroatoms. The minimum atomic E-state index is -5.02. The van der Waals surface area contributed by atoms with E-state index in [-0.39, 0.29) is 36.2 Å². The van der Waals surface area contributed by atoms with Crippen molar-refractivity contribution in [2.24, 2.45) is 5.92 Å². The van der Waals surface area contributed by atoms with Crippen LogP contribution in [0.1, 0.15) is 88.3 Å². The van der Waals surface area contributed by atoms with E-state index in [1.165, 1.54) is 12.4 Å². The summed E-state index contributed by atoms with van der Waals surface area (Å²) in [5, 5.41) is 19.3. The van der Waals surface area contributed by atoms with E-state index in [9.17, 15) is 46.1 Å². The van der Waals surface area contributed by atoms with Crippen molar-refractivity contribution in [3.05, 3.63) is 47.3 Å². The largest absolute Gasteiger partial charge is 0.481 e. The average Bonchev–Trinajstić information content (AvgIpc) is 3.52. The first kappa shape index (κ1) is 37.4. The number of aliphatic hydroxyl groups is 1. The Labute approximate surface area is 286 Å². The number of aromatic nitrogens is 2. The first-order valence-corrected chi connectivity index (χ1v) is 17.1. The molecule has 5 rings (SSSR count). The number of benzene rings is 1. The molecule has 1 aromatic carbocycles. The molecule has 276 valence electrons. The molecule has 0 spiro atoms. The van der Waals surface area contributed by atoms with Crippen LogP contribution in [0.2, 0.25) is 0 Å². The van der Waals surface area contributed by atoms with Crippen LogP contribution in [-0.4, -0.2) is 80.6 Å². The van der Waals surface area contributed by atoms with E-state index in [1.807, 2.05) is 18.7 Å². The van der Waals surface area contributed by atoms with Gasteiger partial charge in [-0.3, -0.25) is 4.79 Å². The number of halogens is 6. The molecule has 1 unspecified atom stereocenters. The minimum Gasteiger partial charge on any atom is -0.481 e. The Balaban J connectivity index is 1.44. The van der Waals surface area contributed by atoms with Crippen LogP contribution in [0.25, 0.3) is 0 Å². The Bertz CT molecular complexity index is 1440. The van der Waals surface area contributed by atoms with Crippen LogP contribution in [0.3, 0.4) is 0 Å². The minimum absolute atomic E-state index is 0.0993. The van der Waals surface area contributed by atoms with Gasteiger partial charge in [0.2, 0.25) is 5.95 Å². The van der Waals surface area contributed by atoms with E-state index >= 15 is 0 Å². The fourth-order valence-electron chi connectivity index (χ4n) is 7.43. The van der Waals surface area contributed by atoms with Crippen LogP contribution in [0, 0.1) is 5.92 Å². The number of likely N-dealkylation sites (tertiary alicyclic amines) is 1. The first-order valence-electron chi connectivity index (χ1n) is 17.1. The zero-order valence-corrected chi connectivity index (χ0v) is 28.0. The van der Waals surface area contributed by atoms with Gasteiger partial charge < -0.3 is 29.6 Å². The van der Waals surface area contributed by atoms with Gasteiger partial charge in [-0.15, -0.1) is 0 Å². The number of hydrogen-bond acceptors (Lipinski definition) is 8. The summed E-state index contributed by atoms with van der Waals surface area (Å²) < 4.78 is 88.7. The number of anilines is 2. The number of aliphatic hydroxyl groups excluding tert-OH is 1. The Morgan fingerprint density at radius 1 is 0.900 bits per heavy atom. The van der Waals surface area contributed by atoms with Gasteiger partial charge >= 0.3 is 24.4 Å². The second-order valence-electron chi connectivity index (χ2n) is 13.5. The average molecular weight is 716 g/mol. The van der Waals surface area contributed by atoms with E-state index in [2.05, 4.69) is 9.97 Å². The lowest BCUT2D eigenvalue weighted by Crippen LogP contribution is -2.57. The predicted molar refractivity (Wildman–Crippen MR) is 170 cm³/mol. The number of piperidine rings is 1. The summed E-state index contributed by atoms with van der Waals surface area (Å²) in [5.74, 6) is -1.23. The molecular formula is C34H43F6N5O5. The zero-order chi connectivity index (χ0) is 36.4. The summed E-state index contributed by atoms with van der Waals surface area (Å²) in [6, 6.07) is 0.305. The van der Waals surface area contributed by atoms with Crippen molar-refractivity contribution in [1.82, 2.24) is 14.9 Å². The van der Waals surface area contributed by atoms with E-state index in [0.717, 1.165) is 0 Å². The summed E-state index contributed by atoms with van der Waals surface area (Å²) in [5.41, 5.74) is -2.43. The van der Waals surface area contributed by atoms with Gasteiger partial charge in [0.25, 0.3) is 0 Å². The molecule has 3 fully saturated rings. The number of hydrogen-bond donors (Lipinski definition) is 2. The quantitative estimate of drug-likeness (QED) is 0.268. The Hall–Kier alpha value is -3.82. The highest BCUT2D eigenvalue weighted by Gasteiger charge is 2.42. The van der Waals surface area contributed by atoms with Gasteiger partial charge in [0.15, 0.2) is 0 Å². The lowest BCUT2D eigenvalue weighted by molar-refractivity contribution is -0.144. The van der Waals surface area contributed by atoms with Crippen LogP contribution in [0.5, 0.6) is 0 Å². The molecule has 2 N–H and O–H groups in total. The lowest BCUT2D eigenvalue weighted by atomic mass is 9.87. The highest BCUT2D eigenvalue weighted by Crippen LogP contribution is 2.39. The standard InChI is InChI=1S/C34H43F6N5O5/c1-3-24-14-26(15-25(4-2)45(24)32(49)50-29-7-5-21(6-8-29)30(47)48)44(31-41-16-27(17-42-31)43-10-9-28(46)19-43)18-20-11-22(33(35,36)37)13-23(12-20)34(38,39)40/h11-13,16-17,21,24-26,28-29,46H,3-10,14-15,18-19H2,1-2H3,(H,47,48)/t21-,24-,25+,26?,28-,29-/m0/s1. The zero-order valence-electron chi connectivity index (χ0n) is 28.0. The number of carboxylic acid groups (broad SMARTS) is 1. The number of nitrogens with zero attached hydrogens (tertiary/aromatic N) is 5. The summed E-state index contributed by atoms with van der Waals surface area (Å²) in [6.07, 6.45) is -4.55. The third kappa shape index (κ3) is 8.72. The predicted octanol–water partition coefficient (Wildman–Crippen LogP) is 6.89. The number of aliphatic carboxylic acids is 1. The lowest BCUT2D eigenvalue weighted by Gasteiger charge is -2.47. The van der Waals surface area contributed by atoms with Gasteiger partial charge in [0.05, 0.1) is 41.2 Å². The normalized spacial score (nSPS) is 26.2. The topological polar surface area (TPSA) is 119 Å². The van der Waals surface area contributed by atoms with Crippen molar-refractivity contribution in [3.8, 4) is 0 Å². The molecule has 2 saturated heterocycles. The fourth-order valence-corrected chi connectivity index (χ4v) is 7.43. The number of amides is 1. The molecule has 10 nitrogen and oxygen atoms in total. The van der Waals surface area contributed by atoms with Gasteiger partial charge in [-0.1, -0.05) is 13.8 Å². The van der Waals surface area contributed by atoms with Crippen LogP contribution in [0.4, 0.5) is 42.8 Å². The number of carboxylic acids is 1. The van der Waals surface area contributed by atoms with Gasteiger partial charge in [-0.25, -0.2) is 14.8 Å². The van der Waals surface area contributed by atoms with E-state index in [1.54, 1.807) is 9.80 Å². The summed E-state index contributed by atoms with van der Waals surface area (Å²) in [6.45, 7) is 4.37. The number of β-amino-alcohol motifs (C(OH)–C–C–N with tert-alkyl or cyclic N) is 1. The maximum Gasteiger partial charge on any atom is 0.416 e. The molecule has 1 saturated carbocycles. The highest BCUT2D eigenvalue weighted by atomic mass is 19.4. The molecule has 2 aliphatic heterocycles. The molecule has 0 radical (unpaired) electrons. The second kappa shape index (κ2) is 15.2. The van der Waals surface area contributed by atoms with Crippen molar-refractivity contribution < 1.29 is 50.9 Å². The Morgan fingerprint density at radius 3 is 1.92 bits per heavy atom. The molecule has 0 bridgehead atoms. The number of carbonyl (C=O) groups is 2. The summed E-state index contributed by atoms with van der Waals surface area (Å²) in [7, 11) is 0. The van der Waals surface area contributed by atoms with Crippen molar-refractivity contribution in [2.75, 3.05) is 22.9 Å². The SMILES string of the molecule is CC[C@@H]1CC(N(Cc2cc(C(F)(F)F)cc(C(F)(F)F)c2)c2ncc(N3CC[C@H](O)C3)cn2)C[C@H](CC)N1C(=O)O[C@H]1CC[C@H](C(=O)O)CC1. The van der Waals surface area contributed by atoms with Crippen molar-refractivity contribution >= 4 is 23.7 Å². The molecule has 4 atom stereocenters. The van der Waals surface area contributed by atoms with Crippen LogP contribution < -0.4 is 9.80 Å².